The van der Waals surface area contributed by atoms with E-state index < -0.39 is 0 Å². The number of hydrogen-bond acceptors (Lipinski definition) is 3. The molecule has 3 rings (SSSR count). The fourth-order valence-corrected chi connectivity index (χ4v) is 2.88. The van der Waals surface area contributed by atoms with E-state index in [-0.39, 0.29) is 0 Å². The Morgan fingerprint density at radius 2 is 2.04 bits per heavy atom. The minimum absolute atomic E-state index is 0.448. The smallest absolute Gasteiger partial charge is 0.140 e. The first-order valence-corrected chi connectivity index (χ1v) is 7.99. The van der Waals surface area contributed by atoms with Crippen molar-refractivity contribution in [2.24, 2.45) is 5.73 Å². The van der Waals surface area contributed by atoms with Crippen LogP contribution in [0.1, 0.15) is 18.2 Å². The van der Waals surface area contributed by atoms with Gasteiger partial charge in [0.2, 0.25) is 0 Å². The summed E-state index contributed by atoms with van der Waals surface area (Å²) >= 11 is 5.14. The van der Waals surface area contributed by atoms with Gasteiger partial charge in [-0.05, 0) is 37.6 Å². The molecule has 23 heavy (non-hydrogen) atoms. The average Bonchev–Trinajstić information content (AvgIpc) is 2.88. The Hall–Kier alpha value is -2.40. The van der Waals surface area contributed by atoms with Gasteiger partial charge in [-0.3, -0.25) is 0 Å². The lowest BCUT2D eigenvalue weighted by atomic mass is 10.1. The Morgan fingerprint density at radius 3 is 2.78 bits per heavy atom. The summed E-state index contributed by atoms with van der Waals surface area (Å²) in [6, 6.07) is 12.0. The van der Waals surface area contributed by atoms with Gasteiger partial charge in [0.15, 0.2) is 0 Å². The van der Waals surface area contributed by atoms with Crippen molar-refractivity contribution in [3.05, 3.63) is 53.9 Å². The van der Waals surface area contributed by atoms with Crippen LogP contribution in [0.5, 0.6) is 5.75 Å². The molecule has 0 atom stereocenters. The Bertz CT molecular complexity index is 870. The molecule has 3 aromatic rings. The molecule has 0 spiro atoms. The van der Waals surface area contributed by atoms with Crippen molar-refractivity contribution in [1.82, 2.24) is 9.38 Å². The van der Waals surface area contributed by atoms with Crippen molar-refractivity contribution in [2.75, 3.05) is 6.61 Å². The lowest BCUT2D eigenvalue weighted by Gasteiger charge is -2.10. The average molecular weight is 325 g/mol. The van der Waals surface area contributed by atoms with E-state index in [1.54, 1.807) is 0 Å². The number of aryl methyl sites for hydroxylation is 1. The Balaban J connectivity index is 2.28. The molecule has 0 saturated heterocycles. The van der Waals surface area contributed by atoms with Gasteiger partial charge in [0.05, 0.1) is 23.0 Å². The normalized spacial score (nSPS) is 10.9. The SMILES string of the molecule is CCOc1ccccc1-c1nc2c(C)cccn2c1CC(N)=S. The predicted octanol–water partition coefficient (Wildman–Crippen LogP) is 3.54. The van der Waals surface area contributed by atoms with Gasteiger partial charge in [-0.2, -0.15) is 0 Å². The molecule has 1 aromatic carbocycles. The minimum atomic E-state index is 0.448. The fraction of sp³-hybridized carbons (Fsp3) is 0.222. The van der Waals surface area contributed by atoms with E-state index in [0.717, 1.165) is 33.9 Å². The van der Waals surface area contributed by atoms with Crippen molar-refractivity contribution < 1.29 is 4.74 Å². The van der Waals surface area contributed by atoms with E-state index in [2.05, 4.69) is 4.40 Å². The van der Waals surface area contributed by atoms with Crippen molar-refractivity contribution in [3.8, 4) is 17.0 Å². The molecule has 5 heteroatoms. The summed E-state index contributed by atoms with van der Waals surface area (Å²) in [4.78, 5) is 5.29. The summed E-state index contributed by atoms with van der Waals surface area (Å²) in [6.07, 6.45) is 2.49. The van der Waals surface area contributed by atoms with Crippen LogP contribution in [-0.4, -0.2) is 21.0 Å². The van der Waals surface area contributed by atoms with Crippen LogP contribution in [0.4, 0.5) is 0 Å². The molecule has 118 valence electrons. The lowest BCUT2D eigenvalue weighted by Crippen LogP contribution is -2.13. The number of para-hydroxylation sites is 1. The second kappa shape index (κ2) is 6.38. The molecule has 0 unspecified atom stereocenters. The highest BCUT2D eigenvalue weighted by atomic mass is 32.1. The number of benzene rings is 1. The number of rotatable bonds is 5. The zero-order valence-electron chi connectivity index (χ0n) is 13.2. The first-order chi connectivity index (χ1) is 11.1. The maximum Gasteiger partial charge on any atom is 0.140 e. The van der Waals surface area contributed by atoms with Gasteiger partial charge >= 0.3 is 0 Å². The van der Waals surface area contributed by atoms with Crippen LogP contribution in [0.3, 0.4) is 0 Å². The molecule has 4 nitrogen and oxygen atoms in total. The quantitative estimate of drug-likeness (QED) is 0.729. The van der Waals surface area contributed by atoms with Crippen LogP contribution < -0.4 is 10.5 Å². The van der Waals surface area contributed by atoms with E-state index in [9.17, 15) is 0 Å². The van der Waals surface area contributed by atoms with Crippen molar-refractivity contribution in [2.45, 2.75) is 20.3 Å². The molecule has 0 bridgehead atoms. The van der Waals surface area contributed by atoms with E-state index in [1.807, 2.05) is 56.4 Å². The number of ether oxygens (including phenoxy) is 1. The molecular weight excluding hydrogens is 306 g/mol. The highest BCUT2D eigenvalue weighted by Gasteiger charge is 2.18. The first-order valence-electron chi connectivity index (χ1n) is 7.59. The van der Waals surface area contributed by atoms with E-state index in [0.29, 0.717) is 18.0 Å². The van der Waals surface area contributed by atoms with E-state index in [1.165, 1.54) is 0 Å². The number of nitrogens with zero attached hydrogens (tertiary/aromatic N) is 2. The Labute approximate surface area is 140 Å². The second-order valence-electron chi connectivity index (χ2n) is 5.36. The maximum atomic E-state index is 5.82. The van der Waals surface area contributed by atoms with Gasteiger partial charge in [0.1, 0.15) is 11.4 Å². The summed E-state index contributed by atoms with van der Waals surface area (Å²) in [6.45, 7) is 4.62. The molecular formula is C18H19N3OS. The van der Waals surface area contributed by atoms with Crippen molar-refractivity contribution >= 4 is 22.9 Å². The summed E-state index contributed by atoms with van der Waals surface area (Å²) in [5.41, 5.74) is 10.7. The zero-order valence-corrected chi connectivity index (χ0v) is 14.1. The molecule has 0 aliphatic heterocycles. The van der Waals surface area contributed by atoms with Crippen LogP contribution >= 0.6 is 12.2 Å². The highest BCUT2D eigenvalue weighted by molar-refractivity contribution is 7.80. The van der Waals surface area contributed by atoms with Crippen molar-refractivity contribution in [3.63, 3.8) is 0 Å². The minimum Gasteiger partial charge on any atom is -0.493 e. The van der Waals surface area contributed by atoms with Gasteiger partial charge in [0, 0.05) is 18.2 Å². The number of imidazole rings is 1. The molecule has 2 N–H and O–H groups in total. The van der Waals surface area contributed by atoms with Crippen LogP contribution in [0.25, 0.3) is 16.9 Å². The largest absolute Gasteiger partial charge is 0.493 e. The van der Waals surface area contributed by atoms with Crippen LogP contribution in [0, 0.1) is 6.92 Å². The highest BCUT2D eigenvalue weighted by Crippen LogP contribution is 2.33. The number of thiocarbonyl (C=S) groups is 1. The number of aromatic nitrogens is 2. The number of nitrogens with two attached hydrogens (primary N) is 1. The molecule has 0 amide bonds. The Morgan fingerprint density at radius 1 is 1.26 bits per heavy atom. The van der Waals surface area contributed by atoms with E-state index in [4.69, 9.17) is 27.7 Å². The van der Waals surface area contributed by atoms with Crippen molar-refractivity contribution in [1.29, 1.82) is 0 Å². The van der Waals surface area contributed by atoms with Gasteiger partial charge in [-0.15, -0.1) is 0 Å². The predicted molar refractivity (Wildman–Crippen MR) is 97.0 cm³/mol. The third-order valence-corrected chi connectivity index (χ3v) is 3.87. The summed E-state index contributed by atoms with van der Waals surface area (Å²) in [5.74, 6) is 0.820. The zero-order chi connectivity index (χ0) is 16.4. The third kappa shape index (κ3) is 2.92. The second-order valence-corrected chi connectivity index (χ2v) is 5.89. The Kier molecular flexibility index (Phi) is 4.30. The molecule has 0 aliphatic carbocycles. The van der Waals surface area contributed by atoms with Crippen LogP contribution in [0.2, 0.25) is 0 Å². The molecule has 2 aromatic heterocycles. The third-order valence-electron chi connectivity index (χ3n) is 3.73. The fourth-order valence-electron chi connectivity index (χ4n) is 2.75. The molecule has 0 saturated carbocycles. The summed E-state index contributed by atoms with van der Waals surface area (Å²) < 4.78 is 7.83. The summed E-state index contributed by atoms with van der Waals surface area (Å²) in [7, 11) is 0. The van der Waals surface area contributed by atoms with Gasteiger partial charge in [-0.1, -0.05) is 30.4 Å². The number of pyridine rings is 1. The summed E-state index contributed by atoms with van der Waals surface area (Å²) in [5, 5.41) is 0. The van der Waals surface area contributed by atoms with Crippen LogP contribution in [-0.2, 0) is 6.42 Å². The topological polar surface area (TPSA) is 52.5 Å². The molecule has 0 aliphatic rings. The standard InChI is InChI=1S/C18H19N3OS/c1-3-22-15-9-5-4-8-13(15)17-14(11-16(19)23)21-10-6-7-12(2)18(21)20-17/h4-10H,3,11H2,1-2H3,(H2,19,23). The first kappa shape index (κ1) is 15.5. The van der Waals surface area contributed by atoms with E-state index >= 15 is 0 Å². The monoisotopic (exact) mass is 325 g/mol. The van der Waals surface area contributed by atoms with Gasteiger partial charge in [0.25, 0.3) is 0 Å². The molecule has 0 fully saturated rings. The number of fused-ring (bicyclic) bond motifs is 1. The lowest BCUT2D eigenvalue weighted by molar-refractivity contribution is 0.341. The molecule has 0 radical (unpaired) electrons. The van der Waals surface area contributed by atoms with Gasteiger partial charge in [-0.25, -0.2) is 4.98 Å². The number of hydrogen-bond donors (Lipinski definition) is 1. The maximum absolute atomic E-state index is 5.82. The van der Waals surface area contributed by atoms with Crippen LogP contribution in [0.15, 0.2) is 42.6 Å². The van der Waals surface area contributed by atoms with Gasteiger partial charge < -0.3 is 14.9 Å². The molecule has 2 heterocycles.